The molecule has 0 amide bonds. The zero-order chi connectivity index (χ0) is 8.39. The fourth-order valence-corrected chi connectivity index (χ4v) is 2.27. The molecule has 1 aromatic heterocycles. The Labute approximate surface area is 76.4 Å². The monoisotopic (exact) mass is 183 g/mol. The summed E-state index contributed by atoms with van der Waals surface area (Å²) in [6.07, 6.45) is 3.97. The van der Waals surface area contributed by atoms with Crippen molar-refractivity contribution in [2.45, 2.75) is 19.3 Å². The summed E-state index contributed by atoms with van der Waals surface area (Å²) in [6.45, 7) is 2.34. The van der Waals surface area contributed by atoms with E-state index in [-0.39, 0.29) is 0 Å². The lowest BCUT2D eigenvalue weighted by Gasteiger charge is -2.26. The molecule has 1 aliphatic heterocycles. The molecule has 2 N–H and O–H groups in total. The van der Waals surface area contributed by atoms with Crippen molar-refractivity contribution in [3.8, 4) is 0 Å². The second-order valence-corrected chi connectivity index (χ2v) is 3.92. The molecule has 1 aromatic rings. The molecule has 2 heterocycles. The van der Waals surface area contributed by atoms with Crippen molar-refractivity contribution < 1.29 is 0 Å². The third-order valence-electron chi connectivity index (χ3n) is 2.18. The van der Waals surface area contributed by atoms with Crippen molar-refractivity contribution in [3.63, 3.8) is 0 Å². The van der Waals surface area contributed by atoms with E-state index in [4.69, 9.17) is 5.73 Å². The summed E-state index contributed by atoms with van der Waals surface area (Å²) in [5, 5.41) is 1.23. The molecule has 12 heavy (non-hydrogen) atoms. The topological polar surface area (TPSA) is 42.1 Å². The molecule has 0 bridgehead atoms. The molecule has 0 aromatic carbocycles. The lowest BCUT2D eigenvalue weighted by Crippen LogP contribution is -2.28. The number of nitrogens with zero attached hydrogens (tertiary/aromatic N) is 2. The zero-order valence-electron chi connectivity index (χ0n) is 6.99. The minimum Gasteiger partial charge on any atom is -0.383 e. The van der Waals surface area contributed by atoms with Crippen molar-refractivity contribution in [1.82, 2.24) is 4.37 Å². The van der Waals surface area contributed by atoms with Gasteiger partial charge in [-0.3, -0.25) is 0 Å². The van der Waals surface area contributed by atoms with Gasteiger partial charge >= 0.3 is 0 Å². The maximum absolute atomic E-state index is 5.56. The molecule has 66 valence electrons. The van der Waals surface area contributed by atoms with Gasteiger partial charge in [0.1, 0.15) is 10.8 Å². The first-order valence-electron chi connectivity index (χ1n) is 4.33. The van der Waals surface area contributed by atoms with Crippen molar-refractivity contribution in [2.24, 2.45) is 0 Å². The molecule has 0 saturated carbocycles. The molecule has 0 unspecified atom stereocenters. The maximum atomic E-state index is 5.56. The number of nitrogen functional groups attached to an aromatic ring is 1. The number of piperidine rings is 1. The van der Waals surface area contributed by atoms with Gasteiger partial charge in [-0.1, -0.05) is 0 Å². The van der Waals surface area contributed by atoms with E-state index in [1.165, 1.54) is 48.9 Å². The van der Waals surface area contributed by atoms with Crippen molar-refractivity contribution in [3.05, 3.63) is 6.07 Å². The molecule has 0 radical (unpaired) electrons. The van der Waals surface area contributed by atoms with Crippen LogP contribution in [-0.4, -0.2) is 17.5 Å². The van der Waals surface area contributed by atoms with E-state index in [2.05, 4.69) is 9.27 Å². The Morgan fingerprint density at radius 3 is 2.67 bits per heavy atom. The highest BCUT2D eigenvalue weighted by atomic mass is 32.1. The molecule has 1 saturated heterocycles. The lowest BCUT2D eigenvalue weighted by atomic mass is 10.1. The van der Waals surface area contributed by atoms with Gasteiger partial charge in [-0.15, -0.1) is 0 Å². The van der Waals surface area contributed by atoms with Crippen LogP contribution >= 0.6 is 11.5 Å². The second-order valence-electron chi connectivity index (χ2n) is 3.14. The van der Waals surface area contributed by atoms with Gasteiger partial charge < -0.3 is 10.6 Å². The van der Waals surface area contributed by atoms with E-state index in [1.54, 1.807) is 0 Å². The molecular formula is C8H13N3S. The van der Waals surface area contributed by atoms with Crippen LogP contribution in [0.15, 0.2) is 6.07 Å². The van der Waals surface area contributed by atoms with Gasteiger partial charge in [-0.2, -0.15) is 4.37 Å². The van der Waals surface area contributed by atoms with E-state index in [0.717, 1.165) is 0 Å². The van der Waals surface area contributed by atoms with E-state index in [0.29, 0.717) is 5.82 Å². The van der Waals surface area contributed by atoms with Crippen LogP contribution in [0.1, 0.15) is 19.3 Å². The van der Waals surface area contributed by atoms with Crippen LogP contribution in [0.2, 0.25) is 0 Å². The Morgan fingerprint density at radius 2 is 2.08 bits per heavy atom. The highest BCUT2D eigenvalue weighted by molar-refractivity contribution is 7.10. The molecule has 4 heteroatoms. The third kappa shape index (κ3) is 1.53. The Balaban J connectivity index is 2.08. The van der Waals surface area contributed by atoms with Crippen LogP contribution in [0, 0.1) is 0 Å². The summed E-state index contributed by atoms with van der Waals surface area (Å²) in [4.78, 5) is 2.37. The van der Waals surface area contributed by atoms with Gasteiger partial charge in [0.05, 0.1) is 0 Å². The minimum absolute atomic E-state index is 0.653. The Kier molecular flexibility index (Phi) is 2.17. The Bertz CT molecular complexity index is 253. The van der Waals surface area contributed by atoms with E-state index in [9.17, 15) is 0 Å². The van der Waals surface area contributed by atoms with Crippen molar-refractivity contribution in [2.75, 3.05) is 23.7 Å². The minimum atomic E-state index is 0.653. The molecule has 1 fully saturated rings. The number of rotatable bonds is 1. The zero-order valence-corrected chi connectivity index (χ0v) is 7.81. The van der Waals surface area contributed by atoms with E-state index >= 15 is 0 Å². The number of hydrogen-bond acceptors (Lipinski definition) is 4. The average Bonchev–Trinajstić information content (AvgIpc) is 2.54. The highest BCUT2D eigenvalue weighted by Gasteiger charge is 2.12. The molecule has 0 aliphatic carbocycles. The number of aromatic nitrogens is 1. The standard InChI is InChI=1S/C8H13N3S/c9-7-6-8(12-10-7)11-4-2-1-3-5-11/h6H,1-5H2,(H2,9,10). The third-order valence-corrected chi connectivity index (χ3v) is 3.05. The fourth-order valence-electron chi connectivity index (χ4n) is 1.54. The van der Waals surface area contributed by atoms with Crippen LogP contribution in [0.5, 0.6) is 0 Å². The van der Waals surface area contributed by atoms with Crippen LogP contribution in [0.3, 0.4) is 0 Å². The van der Waals surface area contributed by atoms with E-state index < -0.39 is 0 Å². The summed E-state index contributed by atoms with van der Waals surface area (Å²) in [5.41, 5.74) is 5.56. The SMILES string of the molecule is Nc1cc(N2CCCCC2)sn1. The molecule has 0 spiro atoms. The first-order chi connectivity index (χ1) is 5.86. The first-order valence-corrected chi connectivity index (χ1v) is 5.11. The first kappa shape index (κ1) is 7.86. The normalized spacial score (nSPS) is 18.2. The second kappa shape index (κ2) is 3.31. The predicted molar refractivity (Wildman–Crippen MR) is 52.6 cm³/mol. The maximum Gasteiger partial charge on any atom is 0.139 e. The van der Waals surface area contributed by atoms with Gasteiger partial charge in [0, 0.05) is 19.2 Å². The molecular weight excluding hydrogens is 170 g/mol. The molecule has 0 atom stereocenters. The predicted octanol–water partition coefficient (Wildman–Crippen LogP) is 1.72. The van der Waals surface area contributed by atoms with Gasteiger partial charge in [-0.25, -0.2) is 0 Å². The van der Waals surface area contributed by atoms with Gasteiger partial charge in [0.25, 0.3) is 0 Å². The summed E-state index contributed by atoms with van der Waals surface area (Å²) in [7, 11) is 0. The van der Waals surface area contributed by atoms with Gasteiger partial charge in [0.15, 0.2) is 0 Å². The number of anilines is 2. The quantitative estimate of drug-likeness (QED) is 0.720. The summed E-state index contributed by atoms with van der Waals surface area (Å²) < 4.78 is 4.07. The molecule has 1 aliphatic rings. The van der Waals surface area contributed by atoms with Crippen LogP contribution in [0.4, 0.5) is 10.8 Å². The molecule has 3 nitrogen and oxygen atoms in total. The smallest absolute Gasteiger partial charge is 0.139 e. The van der Waals surface area contributed by atoms with E-state index in [1.807, 2.05) is 6.07 Å². The average molecular weight is 183 g/mol. The molecule has 2 rings (SSSR count). The Hall–Kier alpha value is -0.770. The number of nitrogens with two attached hydrogens (primary N) is 1. The van der Waals surface area contributed by atoms with Gasteiger partial charge in [0.2, 0.25) is 0 Å². The van der Waals surface area contributed by atoms with Gasteiger partial charge in [-0.05, 0) is 30.8 Å². The fraction of sp³-hybridized carbons (Fsp3) is 0.625. The largest absolute Gasteiger partial charge is 0.383 e. The van der Waals surface area contributed by atoms with Crippen molar-refractivity contribution in [1.29, 1.82) is 0 Å². The Morgan fingerprint density at radius 1 is 1.33 bits per heavy atom. The lowest BCUT2D eigenvalue weighted by molar-refractivity contribution is 0.580. The van der Waals surface area contributed by atoms with Crippen LogP contribution in [-0.2, 0) is 0 Å². The summed E-state index contributed by atoms with van der Waals surface area (Å²) >= 11 is 1.51. The van der Waals surface area contributed by atoms with Crippen LogP contribution in [0.25, 0.3) is 0 Å². The highest BCUT2D eigenvalue weighted by Crippen LogP contribution is 2.25. The van der Waals surface area contributed by atoms with Crippen LogP contribution < -0.4 is 10.6 Å². The number of hydrogen-bond donors (Lipinski definition) is 1. The summed E-state index contributed by atoms with van der Waals surface area (Å²) in [6, 6.07) is 1.97. The summed E-state index contributed by atoms with van der Waals surface area (Å²) in [5.74, 6) is 0.653. The van der Waals surface area contributed by atoms with Crippen molar-refractivity contribution >= 4 is 22.4 Å².